The van der Waals surface area contributed by atoms with Gasteiger partial charge in [0.15, 0.2) is 0 Å². The summed E-state index contributed by atoms with van der Waals surface area (Å²) in [5.41, 5.74) is 0.632. The average molecular weight is 283 g/mol. The van der Waals surface area contributed by atoms with Crippen LogP contribution < -0.4 is 0 Å². The van der Waals surface area contributed by atoms with E-state index in [-0.39, 0.29) is 4.90 Å². The third kappa shape index (κ3) is 2.99. The van der Waals surface area contributed by atoms with Gasteiger partial charge in [-0.05, 0) is 37.0 Å². The fraction of sp³-hybridized carbons (Fsp3) is 0.571. The van der Waals surface area contributed by atoms with Gasteiger partial charge < -0.3 is 5.11 Å². The quantitative estimate of drug-likeness (QED) is 0.921. The van der Waals surface area contributed by atoms with Gasteiger partial charge in [-0.1, -0.05) is 25.5 Å². The second kappa shape index (κ2) is 5.61. The lowest BCUT2D eigenvalue weighted by Gasteiger charge is -2.17. The Bertz CT molecular complexity index is 539. The minimum Gasteiger partial charge on any atom is -0.389 e. The van der Waals surface area contributed by atoms with Crippen molar-refractivity contribution >= 4 is 10.0 Å². The molecule has 0 spiro atoms. The number of hydrogen-bond acceptors (Lipinski definition) is 3. The van der Waals surface area contributed by atoms with E-state index in [2.05, 4.69) is 6.92 Å². The van der Waals surface area contributed by atoms with Crippen molar-refractivity contribution in [3.05, 3.63) is 29.8 Å². The van der Waals surface area contributed by atoms with Gasteiger partial charge in [-0.25, -0.2) is 8.42 Å². The predicted molar refractivity (Wildman–Crippen MR) is 74.2 cm³/mol. The van der Waals surface area contributed by atoms with Crippen LogP contribution in [0.25, 0.3) is 0 Å². The summed E-state index contributed by atoms with van der Waals surface area (Å²) < 4.78 is 26.6. The van der Waals surface area contributed by atoms with Crippen molar-refractivity contribution in [2.45, 2.75) is 37.7 Å². The molecular weight excluding hydrogens is 262 g/mol. The van der Waals surface area contributed by atoms with Crippen LogP contribution >= 0.6 is 0 Å². The normalized spacial score (nSPS) is 22.6. The van der Waals surface area contributed by atoms with E-state index >= 15 is 0 Å². The molecule has 4 nitrogen and oxygen atoms in total. The van der Waals surface area contributed by atoms with E-state index in [0.717, 1.165) is 12.8 Å². The molecule has 2 atom stereocenters. The molecule has 19 heavy (non-hydrogen) atoms. The lowest BCUT2D eigenvalue weighted by molar-refractivity contribution is 0.199. The fourth-order valence-electron chi connectivity index (χ4n) is 2.43. The first-order valence-electron chi connectivity index (χ1n) is 6.73. The highest BCUT2D eigenvalue weighted by Gasteiger charge is 2.31. The topological polar surface area (TPSA) is 57.6 Å². The van der Waals surface area contributed by atoms with Gasteiger partial charge >= 0.3 is 0 Å². The van der Waals surface area contributed by atoms with Gasteiger partial charge in [0.25, 0.3) is 0 Å². The van der Waals surface area contributed by atoms with E-state index in [9.17, 15) is 13.5 Å². The van der Waals surface area contributed by atoms with Crippen LogP contribution in [0.1, 0.15) is 38.4 Å². The van der Waals surface area contributed by atoms with Crippen LogP contribution in [0, 0.1) is 5.92 Å². The molecule has 0 aliphatic carbocycles. The van der Waals surface area contributed by atoms with Gasteiger partial charge in [0.2, 0.25) is 10.0 Å². The molecule has 0 bridgehead atoms. The molecule has 0 radical (unpaired) electrons. The molecule has 0 saturated carbocycles. The molecule has 1 fully saturated rings. The Hall–Kier alpha value is -0.910. The van der Waals surface area contributed by atoms with E-state index < -0.39 is 16.1 Å². The number of hydrogen-bond donors (Lipinski definition) is 1. The Balaban J connectivity index is 2.27. The van der Waals surface area contributed by atoms with E-state index in [4.69, 9.17) is 0 Å². The lowest BCUT2D eigenvalue weighted by Crippen LogP contribution is -2.29. The van der Waals surface area contributed by atoms with Gasteiger partial charge in [-0.2, -0.15) is 4.31 Å². The molecule has 1 aromatic carbocycles. The molecule has 1 saturated heterocycles. The molecule has 1 aliphatic heterocycles. The van der Waals surface area contributed by atoms with Crippen molar-refractivity contribution in [1.29, 1.82) is 0 Å². The van der Waals surface area contributed by atoms with Crippen molar-refractivity contribution in [3.8, 4) is 0 Å². The van der Waals surface area contributed by atoms with Crippen LogP contribution in [0.15, 0.2) is 29.2 Å². The van der Waals surface area contributed by atoms with Gasteiger partial charge in [-0.15, -0.1) is 0 Å². The predicted octanol–water partition coefficient (Wildman–Crippen LogP) is 2.16. The molecule has 1 heterocycles. The van der Waals surface area contributed by atoms with Crippen LogP contribution in [-0.2, 0) is 10.0 Å². The van der Waals surface area contributed by atoms with E-state index in [1.54, 1.807) is 35.5 Å². The summed E-state index contributed by atoms with van der Waals surface area (Å²) in [6, 6.07) is 6.59. The summed E-state index contributed by atoms with van der Waals surface area (Å²) in [6.07, 6.45) is 1.29. The van der Waals surface area contributed by atoms with E-state index in [0.29, 0.717) is 24.6 Å². The van der Waals surface area contributed by atoms with Gasteiger partial charge in [0, 0.05) is 13.1 Å². The SMILES string of the molecule is CCC1CCN(S(=O)(=O)c2cccc(C(C)O)c2)C1. The summed E-state index contributed by atoms with van der Waals surface area (Å²) in [4.78, 5) is 0.280. The molecular formula is C14H21NO3S. The number of nitrogens with zero attached hydrogens (tertiary/aromatic N) is 1. The standard InChI is InChI=1S/C14H21NO3S/c1-3-12-7-8-15(10-12)19(17,18)14-6-4-5-13(9-14)11(2)16/h4-6,9,11-12,16H,3,7-8,10H2,1-2H3. The molecule has 0 amide bonds. The van der Waals surface area contributed by atoms with Crippen molar-refractivity contribution < 1.29 is 13.5 Å². The number of aliphatic hydroxyl groups excluding tert-OH is 1. The first-order valence-corrected chi connectivity index (χ1v) is 8.17. The number of benzene rings is 1. The Morgan fingerprint density at radius 1 is 1.47 bits per heavy atom. The zero-order valence-corrected chi connectivity index (χ0v) is 12.2. The zero-order chi connectivity index (χ0) is 14.0. The second-order valence-corrected chi connectivity index (χ2v) is 7.11. The first kappa shape index (κ1) is 14.5. The van der Waals surface area contributed by atoms with Crippen LogP contribution in [-0.4, -0.2) is 30.9 Å². The maximum Gasteiger partial charge on any atom is 0.243 e. The monoisotopic (exact) mass is 283 g/mol. The number of aliphatic hydroxyl groups is 1. The molecule has 106 valence electrons. The minimum atomic E-state index is -3.42. The van der Waals surface area contributed by atoms with E-state index in [1.165, 1.54) is 0 Å². The van der Waals surface area contributed by atoms with Crippen molar-refractivity contribution in [1.82, 2.24) is 4.31 Å². The largest absolute Gasteiger partial charge is 0.389 e. The fourth-order valence-corrected chi connectivity index (χ4v) is 4.02. The van der Waals surface area contributed by atoms with E-state index in [1.807, 2.05) is 0 Å². The van der Waals surface area contributed by atoms with Crippen LogP contribution in [0.2, 0.25) is 0 Å². The van der Waals surface area contributed by atoms with Crippen molar-refractivity contribution in [2.24, 2.45) is 5.92 Å². The smallest absolute Gasteiger partial charge is 0.243 e. The van der Waals surface area contributed by atoms with Crippen molar-refractivity contribution in [3.63, 3.8) is 0 Å². The van der Waals surface area contributed by atoms with Crippen LogP contribution in [0.4, 0.5) is 0 Å². The third-order valence-electron chi connectivity index (χ3n) is 3.80. The molecule has 0 aromatic heterocycles. The maximum absolute atomic E-state index is 12.5. The maximum atomic E-state index is 12.5. The van der Waals surface area contributed by atoms with Crippen LogP contribution in [0.3, 0.4) is 0 Å². The lowest BCUT2D eigenvalue weighted by atomic mass is 10.1. The highest BCUT2D eigenvalue weighted by atomic mass is 32.2. The summed E-state index contributed by atoms with van der Waals surface area (Å²) >= 11 is 0. The van der Waals surface area contributed by atoms with Gasteiger partial charge in [0.05, 0.1) is 11.0 Å². The molecule has 1 aromatic rings. The molecule has 2 rings (SSSR count). The highest BCUT2D eigenvalue weighted by molar-refractivity contribution is 7.89. The van der Waals surface area contributed by atoms with Crippen molar-refractivity contribution in [2.75, 3.05) is 13.1 Å². The van der Waals surface area contributed by atoms with Crippen LogP contribution in [0.5, 0.6) is 0 Å². The second-order valence-electron chi connectivity index (χ2n) is 5.17. The molecule has 5 heteroatoms. The summed E-state index contributed by atoms with van der Waals surface area (Å²) in [7, 11) is -3.42. The summed E-state index contributed by atoms with van der Waals surface area (Å²) in [6.45, 7) is 4.93. The number of rotatable bonds is 4. The Labute approximate surface area is 115 Å². The Kier molecular flexibility index (Phi) is 4.28. The minimum absolute atomic E-state index is 0.280. The molecule has 2 unspecified atom stereocenters. The summed E-state index contributed by atoms with van der Waals surface area (Å²) in [5.74, 6) is 0.467. The average Bonchev–Trinajstić information content (AvgIpc) is 2.88. The van der Waals surface area contributed by atoms with Gasteiger partial charge in [-0.3, -0.25) is 0 Å². The molecule has 1 aliphatic rings. The first-order chi connectivity index (χ1) is 8.95. The Morgan fingerprint density at radius 2 is 2.21 bits per heavy atom. The third-order valence-corrected chi connectivity index (χ3v) is 5.67. The van der Waals surface area contributed by atoms with Gasteiger partial charge in [0.1, 0.15) is 0 Å². The summed E-state index contributed by atoms with van der Waals surface area (Å²) in [5, 5.41) is 9.55. The number of sulfonamides is 1. The highest BCUT2D eigenvalue weighted by Crippen LogP contribution is 2.27. The zero-order valence-electron chi connectivity index (χ0n) is 11.4. The Morgan fingerprint density at radius 3 is 2.79 bits per heavy atom. The molecule has 1 N–H and O–H groups in total.